The van der Waals surface area contributed by atoms with E-state index in [0.29, 0.717) is 24.9 Å². The topological polar surface area (TPSA) is 38.7 Å². The van der Waals surface area contributed by atoms with Crippen LogP contribution in [0.15, 0.2) is 22.7 Å². The molecule has 1 aromatic rings. The SMILES string of the molecule is CC(C)CCOCCOc1ccc(Br)cc1[C@@H](C)O. The summed E-state index contributed by atoms with van der Waals surface area (Å²) < 4.78 is 12.1. The van der Waals surface area contributed by atoms with Crippen LogP contribution in [0.2, 0.25) is 0 Å². The van der Waals surface area contributed by atoms with E-state index >= 15 is 0 Å². The molecule has 0 saturated carbocycles. The van der Waals surface area contributed by atoms with Gasteiger partial charge < -0.3 is 14.6 Å². The minimum atomic E-state index is -0.547. The molecule has 0 saturated heterocycles. The number of benzene rings is 1. The summed E-state index contributed by atoms with van der Waals surface area (Å²) in [5.41, 5.74) is 0.788. The molecule has 0 spiro atoms. The van der Waals surface area contributed by atoms with E-state index in [1.807, 2.05) is 18.2 Å². The van der Waals surface area contributed by atoms with Crippen molar-refractivity contribution >= 4 is 15.9 Å². The van der Waals surface area contributed by atoms with Gasteiger partial charge in [-0.3, -0.25) is 0 Å². The van der Waals surface area contributed by atoms with Crippen molar-refractivity contribution in [2.24, 2.45) is 5.92 Å². The molecule has 3 nitrogen and oxygen atoms in total. The van der Waals surface area contributed by atoms with Crippen LogP contribution in [0.3, 0.4) is 0 Å². The van der Waals surface area contributed by atoms with Crippen LogP contribution in [-0.4, -0.2) is 24.9 Å². The molecule has 0 aliphatic carbocycles. The fourth-order valence-corrected chi connectivity index (χ4v) is 1.99. The summed E-state index contributed by atoms with van der Waals surface area (Å²) in [5, 5.41) is 9.70. The van der Waals surface area contributed by atoms with Crippen LogP contribution in [0.25, 0.3) is 0 Å². The van der Waals surface area contributed by atoms with Crippen molar-refractivity contribution < 1.29 is 14.6 Å². The van der Waals surface area contributed by atoms with Crippen LogP contribution in [0.1, 0.15) is 38.9 Å². The monoisotopic (exact) mass is 330 g/mol. The van der Waals surface area contributed by atoms with Gasteiger partial charge in [0.2, 0.25) is 0 Å². The van der Waals surface area contributed by atoms with E-state index in [0.717, 1.165) is 23.1 Å². The second-order valence-electron chi connectivity index (χ2n) is 5.00. The molecule has 1 aromatic carbocycles. The van der Waals surface area contributed by atoms with E-state index in [1.54, 1.807) is 6.92 Å². The molecule has 0 fully saturated rings. The van der Waals surface area contributed by atoms with Crippen LogP contribution < -0.4 is 4.74 Å². The molecule has 1 N–H and O–H groups in total. The Balaban J connectivity index is 2.37. The van der Waals surface area contributed by atoms with Gasteiger partial charge in [-0.2, -0.15) is 0 Å². The van der Waals surface area contributed by atoms with Gasteiger partial charge in [-0.1, -0.05) is 29.8 Å². The quantitative estimate of drug-likeness (QED) is 0.733. The first-order valence-corrected chi connectivity index (χ1v) is 7.48. The van der Waals surface area contributed by atoms with Gasteiger partial charge >= 0.3 is 0 Å². The molecule has 108 valence electrons. The van der Waals surface area contributed by atoms with Gasteiger partial charge in [-0.25, -0.2) is 0 Å². The molecule has 0 aliphatic heterocycles. The molecule has 1 atom stereocenters. The first-order chi connectivity index (χ1) is 9.00. The maximum Gasteiger partial charge on any atom is 0.125 e. The molecular formula is C15H23BrO3. The number of aliphatic hydroxyl groups excluding tert-OH is 1. The van der Waals surface area contributed by atoms with E-state index in [4.69, 9.17) is 9.47 Å². The highest BCUT2D eigenvalue weighted by molar-refractivity contribution is 9.10. The molecule has 0 heterocycles. The molecular weight excluding hydrogens is 308 g/mol. The molecule has 1 rings (SSSR count). The molecule has 0 unspecified atom stereocenters. The zero-order valence-electron chi connectivity index (χ0n) is 11.9. The largest absolute Gasteiger partial charge is 0.491 e. The number of halogens is 1. The Morgan fingerprint density at radius 2 is 1.89 bits per heavy atom. The van der Waals surface area contributed by atoms with Crippen LogP contribution in [0, 0.1) is 5.92 Å². The zero-order chi connectivity index (χ0) is 14.3. The van der Waals surface area contributed by atoms with E-state index in [-0.39, 0.29) is 0 Å². The van der Waals surface area contributed by atoms with Crippen molar-refractivity contribution in [3.8, 4) is 5.75 Å². The Labute approximate surface area is 124 Å². The van der Waals surface area contributed by atoms with Gasteiger partial charge in [0.25, 0.3) is 0 Å². The van der Waals surface area contributed by atoms with Crippen molar-refractivity contribution in [3.63, 3.8) is 0 Å². The highest BCUT2D eigenvalue weighted by Crippen LogP contribution is 2.28. The van der Waals surface area contributed by atoms with Gasteiger partial charge in [-0.15, -0.1) is 0 Å². The highest BCUT2D eigenvalue weighted by atomic mass is 79.9. The lowest BCUT2D eigenvalue weighted by Gasteiger charge is -2.14. The normalized spacial score (nSPS) is 12.7. The van der Waals surface area contributed by atoms with Gasteiger partial charge in [0.15, 0.2) is 0 Å². The van der Waals surface area contributed by atoms with Crippen LogP contribution >= 0.6 is 15.9 Å². The molecule has 0 bridgehead atoms. The first kappa shape index (κ1) is 16.5. The van der Waals surface area contributed by atoms with E-state index < -0.39 is 6.10 Å². The number of aliphatic hydroxyl groups is 1. The zero-order valence-corrected chi connectivity index (χ0v) is 13.4. The summed E-state index contributed by atoms with van der Waals surface area (Å²) in [5.74, 6) is 1.37. The second-order valence-corrected chi connectivity index (χ2v) is 5.92. The smallest absolute Gasteiger partial charge is 0.125 e. The van der Waals surface area contributed by atoms with Crippen molar-refractivity contribution in [2.45, 2.75) is 33.3 Å². The molecule has 0 amide bonds. The minimum Gasteiger partial charge on any atom is -0.491 e. The molecule has 0 radical (unpaired) electrons. The average Bonchev–Trinajstić information content (AvgIpc) is 2.34. The van der Waals surface area contributed by atoms with Gasteiger partial charge in [0.05, 0.1) is 12.7 Å². The number of rotatable bonds is 8. The van der Waals surface area contributed by atoms with Crippen molar-refractivity contribution in [2.75, 3.05) is 19.8 Å². The van der Waals surface area contributed by atoms with E-state index in [9.17, 15) is 5.11 Å². The first-order valence-electron chi connectivity index (χ1n) is 6.68. The Hall–Kier alpha value is -0.580. The summed E-state index contributed by atoms with van der Waals surface area (Å²) in [6, 6.07) is 5.64. The second kappa shape index (κ2) is 8.56. The fourth-order valence-electron chi connectivity index (χ4n) is 1.61. The molecule has 19 heavy (non-hydrogen) atoms. The molecule has 0 aromatic heterocycles. The summed E-state index contributed by atoms with van der Waals surface area (Å²) in [6.45, 7) is 7.92. The number of ether oxygens (including phenoxy) is 2. The predicted molar refractivity (Wildman–Crippen MR) is 80.5 cm³/mol. The summed E-state index contributed by atoms with van der Waals surface area (Å²) in [4.78, 5) is 0. The summed E-state index contributed by atoms with van der Waals surface area (Å²) in [6.07, 6.45) is 0.520. The lowest BCUT2D eigenvalue weighted by atomic mass is 10.1. The Kier molecular flexibility index (Phi) is 7.42. The van der Waals surface area contributed by atoms with Crippen molar-refractivity contribution in [1.29, 1.82) is 0 Å². The van der Waals surface area contributed by atoms with Gasteiger partial charge in [0, 0.05) is 16.6 Å². The molecule has 4 heteroatoms. The Bertz CT molecular complexity index is 378. The van der Waals surface area contributed by atoms with Crippen molar-refractivity contribution in [3.05, 3.63) is 28.2 Å². The third kappa shape index (κ3) is 6.41. The van der Waals surface area contributed by atoms with Crippen LogP contribution in [-0.2, 0) is 4.74 Å². The van der Waals surface area contributed by atoms with Crippen LogP contribution in [0.5, 0.6) is 5.75 Å². The minimum absolute atomic E-state index is 0.499. The third-order valence-electron chi connectivity index (χ3n) is 2.75. The summed E-state index contributed by atoms with van der Waals surface area (Å²) >= 11 is 3.39. The maximum atomic E-state index is 9.70. The van der Waals surface area contributed by atoms with Gasteiger partial charge in [0.1, 0.15) is 12.4 Å². The average molecular weight is 331 g/mol. The predicted octanol–water partition coefficient (Wildman–Crippen LogP) is 3.94. The number of hydrogen-bond acceptors (Lipinski definition) is 3. The van der Waals surface area contributed by atoms with E-state index in [2.05, 4.69) is 29.8 Å². The third-order valence-corrected chi connectivity index (χ3v) is 3.24. The summed E-state index contributed by atoms with van der Waals surface area (Å²) in [7, 11) is 0. The maximum absolute atomic E-state index is 9.70. The Morgan fingerprint density at radius 3 is 2.53 bits per heavy atom. The number of hydrogen-bond donors (Lipinski definition) is 1. The van der Waals surface area contributed by atoms with Crippen LogP contribution in [0.4, 0.5) is 0 Å². The van der Waals surface area contributed by atoms with Gasteiger partial charge in [-0.05, 0) is 37.5 Å². The van der Waals surface area contributed by atoms with Crippen molar-refractivity contribution in [1.82, 2.24) is 0 Å². The standard InChI is InChI=1S/C15H23BrO3/c1-11(2)6-7-18-8-9-19-15-5-4-13(16)10-14(15)12(3)17/h4-5,10-12,17H,6-9H2,1-3H3/t12-/m1/s1. The molecule has 0 aliphatic rings. The fraction of sp³-hybridized carbons (Fsp3) is 0.600. The lowest BCUT2D eigenvalue weighted by molar-refractivity contribution is 0.0909. The lowest BCUT2D eigenvalue weighted by Crippen LogP contribution is -2.10. The van der Waals surface area contributed by atoms with E-state index in [1.165, 1.54) is 0 Å². The Morgan fingerprint density at radius 1 is 1.16 bits per heavy atom. The highest BCUT2D eigenvalue weighted by Gasteiger charge is 2.09.